The number of aliphatic hydroxyl groups excluding tert-OH is 1. The minimum absolute atomic E-state index is 0.196. The third-order valence-electron chi connectivity index (χ3n) is 6.11. The van der Waals surface area contributed by atoms with Crippen molar-refractivity contribution in [3.05, 3.63) is 99.0 Å². The second-order valence-corrected chi connectivity index (χ2v) is 9.87. The van der Waals surface area contributed by atoms with Gasteiger partial charge in [0.25, 0.3) is 11.8 Å². The molecule has 1 fully saturated rings. The van der Waals surface area contributed by atoms with Crippen LogP contribution in [0.4, 0.5) is 5.69 Å². The fraction of sp³-hybridized carbons (Fsp3) is 0.250. The number of hydrazone groups is 1. The van der Waals surface area contributed by atoms with Crippen LogP contribution in [-0.2, 0) is 6.54 Å². The summed E-state index contributed by atoms with van der Waals surface area (Å²) in [4.78, 5) is 28.0. The largest absolute Gasteiger partial charge is 0.393 e. The molecule has 3 N–H and O–H groups in total. The highest BCUT2D eigenvalue weighted by molar-refractivity contribution is 9.10. The van der Waals surface area contributed by atoms with Crippen molar-refractivity contribution < 1.29 is 14.7 Å². The lowest BCUT2D eigenvalue weighted by molar-refractivity contribution is 0.0792. The van der Waals surface area contributed by atoms with Gasteiger partial charge in [-0.15, -0.1) is 0 Å². The van der Waals surface area contributed by atoms with E-state index < -0.39 is 5.91 Å². The molecule has 0 saturated carbocycles. The molecule has 0 aromatic heterocycles. The molecular formula is C28H29BrN4O3. The first kappa shape index (κ1) is 25.8. The number of amides is 2. The molecule has 0 atom stereocenters. The Hall–Kier alpha value is -3.33. The first-order chi connectivity index (χ1) is 17.4. The molecule has 186 valence electrons. The number of halogens is 1. The molecule has 0 radical (unpaired) electrons. The van der Waals surface area contributed by atoms with E-state index in [-0.39, 0.29) is 12.0 Å². The van der Waals surface area contributed by atoms with Crippen LogP contribution in [-0.4, -0.2) is 47.2 Å². The fourth-order valence-corrected chi connectivity index (χ4v) is 4.34. The summed E-state index contributed by atoms with van der Waals surface area (Å²) in [5.41, 5.74) is 6.83. The minimum atomic E-state index is -0.433. The molecule has 0 spiro atoms. The SMILES string of the molecule is Cc1ccc(/C=N/NC(=O)c2cc(Br)ccc2NC(=O)c2ccc(CN3CCC(O)CC3)cc2)cc1. The van der Waals surface area contributed by atoms with Gasteiger partial charge in [-0.1, -0.05) is 57.9 Å². The summed E-state index contributed by atoms with van der Waals surface area (Å²) in [6, 6.07) is 20.3. The predicted octanol–water partition coefficient (Wildman–Crippen LogP) is 4.73. The normalized spacial score (nSPS) is 14.6. The Morgan fingerprint density at radius 3 is 2.42 bits per heavy atom. The van der Waals surface area contributed by atoms with Gasteiger partial charge in [-0.3, -0.25) is 14.5 Å². The van der Waals surface area contributed by atoms with Crippen LogP contribution in [0.25, 0.3) is 0 Å². The maximum Gasteiger partial charge on any atom is 0.273 e. The quantitative estimate of drug-likeness (QED) is 0.294. The number of nitrogens with one attached hydrogen (secondary N) is 2. The van der Waals surface area contributed by atoms with E-state index >= 15 is 0 Å². The number of piperidine rings is 1. The molecule has 7 nitrogen and oxygen atoms in total. The summed E-state index contributed by atoms with van der Waals surface area (Å²) in [5.74, 6) is -0.737. The van der Waals surface area contributed by atoms with E-state index in [1.807, 2.05) is 43.3 Å². The molecule has 1 aliphatic rings. The Kier molecular flexibility index (Phi) is 8.64. The number of nitrogens with zero attached hydrogens (tertiary/aromatic N) is 2. The number of rotatable bonds is 7. The molecule has 3 aromatic rings. The van der Waals surface area contributed by atoms with Crippen LogP contribution in [0.5, 0.6) is 0 Å². The van der Waals surface area contributed by atoms with Crippen LogP contribution in [0, 0.1) is 6.92 Å². The van der Waals surface area contributed by atoms with E-state index in [4.69, 9.17) is 0 Å². The van der Waals surface area contributed by atoms with Gasteiger partial charge >= 0.3 is 0 Å². The number of benzene rings is 3. The van der Waals surface area contributed by atoms with Crippen molar-refractivity contribution in [1.82, 2.24) is 10.3 Å². The van der Waals surface area contributed by atoms with Crippen LogP contribution in [0.15, 0.2) is 76.3 Å². The van der Waals surface area contributed by atoms with Crippen LogP contribution < -0.4 is 10.7 Å². The van der Waals surface area contributed by atoms with Gasteiger partial charge in [0.1, 0.15) is 0 Å². The Labute approximate surface area is 219 Å². The zero-order chi connectivity index (χ0) is 25.5. The van der Waals surface area contributed by atoms with Crippen LogP contribution in [0.3, 0.4) is 0 Å². The first-order valence-electron chi connectivity index (χ1n) is 11.9. The maximum absolute atomic E-state index is 12.9. The van der Waals surface area contributed by atoms with Gasteiger partial charge in [-0.2, -0.15) is 5.10 Å². The Morgan fingerprint density at radius 1 is 1.03 bits per heavy atom. The van der Waals surface area contributed by atoms with E-state index in [1.54, 1.807) is 36.5 Å². The second kappa shape index (κ2) is 12.1. The van der Waals surface area contributed by atoms with Gasteiger partial charge < -0.3 is 10.4 Å². The van der Waals surface area contributed by atoms with Crippen molar-refractivity contribution in [2.75, 3.05) is 18.4 Å². The highest BCUT2D eigenvalue weighted by Crippen LogP contribution is 2.22. The number of carbonyl (C=O) groups is 2. The summed E-state index contributed by atoms with van der Waals surface area (Å²) >= 11 is 3.39. The minimum Gasteiger partial charge on any atom is -0.393 e. The van der Waals surface area contributed by atoms with Crippen molar-refractivity contribution in [2.24, 2.45) is 5.10 Å². The smallest absolute Gasteiger partial charge is 0.273 e. The average Bonchev–Trinajstić information content (AvgIpc) is 2.88. The summed E-state index contributed by atoms with van der Waals surface area (Å²) in [6.45, 7) is 4.52. The van der Waals surface area contributed by atoms with Crippen molar-refractivity contribution >= 4 is 39.6 Å². The number of hydrogen-bond donors (Lipinski definition) is 3. The van der Waals surface area contributed by atoms with Crippen LogP contribution in [0.2, 0.25) is 0 Å². The molecule has 2 amide bonds. The zero-order valence-corrected chi connectivity index (χ0v) is 21.7. The zero-order valence-electron chi connectivity index (χ0n) is 20.1. The van der Waals surface area contributed by atoms with Crippen molar-refractivity contribution in [3.63, 3.8) is 0 Å². The molecule has 3 aromatic carbocycles. The number of aryl methyl sites for hydroxylation is 1. The Bertz CT molecular complexity index is 1230. The molecule has 0 aliphatic carbocycles. The van der Waals surface area contributed by atoms with E-state index in [0.29, 0.717) is 21.3 Å². The van der Waals surface area contributed by atoms with E-state index in [1.165, 1.54) is 0 Å². The summed E-state index contributed by atoms with van der Waals surface area (Å²) in [7, 11) is 0. The third-order valence-corrected chi connectivity index (χ3v) is 6.60. The average molecular weight is 549 g/mol. The van der Waals surface area contributed by atoms with Crippen LogP contribution in [0.1, 0.15) is 50.2 Å². The maximum atomic E-state index is 12.9. The van der Waals surface area contributed by atoms with Gasteiger partial charge in [-0.25, -0.2) is 5.43 Å². The van der Waals surface area contributed by atoms with E-state index in [2.05, 4.69) is 36.7 Å². The van der Waals surface area contributed by atoms with Gasteiger partial charge in [0.2, 0.25) is 0 Å². The lowest BCUT2D eigenvalue weighted by Gasteiger charge is -2.29. The molecule has 1 saturated heterocycles. The summed E-state index contributed by atoms with van der Waals surface area (Å²) < 4.78 is 0.711. The monoisotopic (exact) mass is 548 g/mol. The highest BCUT2D eigenvalue weighted by Gasteiger charge is 2.18. The van der Waals surface area contributed by atoms with Gasteiger partial charge in [0, 0.05) is 29.7 Å². The Balaban J connectivity index is 1.39. The number of hydrogen-bond acceptors (Lipinski definition) is 5. The molecule has 0 unspecified atom stereocenters. The molecule has 36 heavy (non-hydrogen) atoms. The lowest BCUT2D eigenvalue weighted by atomic mass is 10.1. The van der Waals surface area contributed by atoms with Crippen molar-refractivity contribution in [2.45, 2.75) is 32.4 Å². The standard InChI is InChI=1S/C28H29BrN4O3/c1-19-2-4-20(5-3-19)17-30-32-28(36)25-16-23(29)10-11-26(25)31-27(35)22-8-6-21(7-9-22)18-33-14-12-24(34)13-15-33/h2-11,16-17,24,34H,12-15,18H2,1H3,(H,31,35)(H,32,36)/b30-17+. The summed E-state index contributed by atoms with van der Waals surface area (Å²) in [6.07, 6.45) is 2.96. The van der Waals surface area contributed by atoms with E-state index in [0.717, 1.165) is 49.2 Å². The molecular weight excluding hydrogens is 520 g/mol. The Morgan fingerprint density at radius 2 is 1.72 bits per heavy atom. The number of likely N-dealkylation sites (tertiary alicyclic amines) is 1. The molecule has 4 rings (SSSR count). The molecule has 0 bridgehead atoms. The number of carbonyl (C=O) groups excluding carboxylic acids is 2. The molecule has 8 heteroatoms. The highest BCUT2D eigenvalue weighted by atomic mass is 79.9. The lowest BCUT2D eigenvalue weighted by Crippen LogP contribution is -2.35. The molecule has 1 heterocycles. The number of anilines is 1. The van der Waals surface area contributed by atoms with E-state index in [9.17, 15) is 14.7 Å². The van der Waals surface area contributed by atoms with Crippen LogP contribution >= 0.6 is 15.9 Å². The second-order valence-electron chi connectivity index (χ2n) is 8.96. The third kappa shape index (κ3) is 7.10. The summed E-state index contributed by atoms with van der Waals surface area (Å²) in [5, 5.41) is 16.6. The van der Waals surface area contributed by atoms with Gasteiger partial charge in [-0.05, 0) is 61.2 Å². The predicted molar refractivity (Wildman–Crippen MR) is 145 cm³/mol. The molecule has 1 aliphatic heterocycles. The van der Waals surface area contributed by atoms with Crippen molar-refractivity contribution in [1.29, 1.82) is 0 Å². The first-order valence-corrected chi connectivity index (χ1v) is 12.7. The van der Waals surface area contributed by atoms with Gasteiger partial charge in [0.05, 0.1) is 23.6 Å². The topological polar surface area (TPSA) is 94.0 Å². The van der Waals surface area contributed by atoms with Gasteiger partial charge in [0.15, 0.2) is 0 Å². The fourth-order valence-electron chi connectivity index (χ4n) is 3.98. The van der Waals surface area contributed by atoms with Crippen molar-refractivity contribution in [3.8, 4) is 0 Å². The number of aliphatic hydroxyl groups is 1.